The first kappa shape index (κ1) is 17.2. The summed E-state index contributed by atoms with van der Waals surface area (Å²) in [4.78, 5) is 13.0. The third kappa shape index (κ3) is 4.00. The number of rotatable bonds is 5. The molecular weight excluding hydrogens is 328 g/mol. The molecule has 22 heavy (non-hydrogen) atoms. The van der Waals surface area contributed by atoms with Gasteiger partial charge in [0.1, 0.15) is 29.0 Å². The Morgan fingerprint density at radius 2 is 2.27 bits per heavy atom. The molecule has 1 N–H and O–H groups in total. The molecule has 1 heterocycles. The summed E-state index contributed by atoms with van der Waals surface area (Å²) in [6.45, 7) is 1.97. The summed E-state index contributed by atoms with van der Waals surface area (Å²) in [5.41, 5.74) is 0. The lowest BCUT2D eigenvalue weighted by Crippen LogP contribution is -2.41. The Labute approximate surface area is 138 Å². The van der Waals surface area contributed by atoms with E-state index in [0.717, 1.165) is 4.90 Å². The van der Waals surface area contributed by atoms with Crippen LogP contribution < -0.4 is 9.47 Å². The molecule has 0 aliphatic carbocycles. The zero-order valence-corrected chi connectivity index (χ0v) is 14.0. The molecule has 0 saturated heterocycles. The van der Waals surface area contributed by atoms with Crippen LogP contribution in [0.15, 0.2) is 23.1 Å². The van der Waals surface area contributed by atoms with Crippen LogP contribution in [-0.4, -0.2) is 48.1 Å². The Hall–Kier alpha value is -1.11. The number of hydrogen-bond donors (Lipinski definition) is 1. The molecule has 1 aromatic carbocycles. The maximum absolute atomic E-state index is 12.2. The van der Waals surface area contributed by atoms with Crippen LogP contribution in [0.25, 0.3) is 0 Å². The van der Waals surface area contributed by atoms with Gasteiger partial charge in [-0.3, -0.25) is 4.79 Å². The van der Waals surface area contributed by atoms with Crippen LogP contribution in [0.1, 0.15) is 13.3 Å². The first-order valence-corrected chi connectivity index (χ1v) is 8.40. The molecule has 1 aliphatic rings. The van der Waals surface area contributed by atoms with Gasteiger partial charge in [-0.2, -0.15) is 0 Å². The van der Waals surface area contributed by atoms with Gasteiger partial charge in [-0.05, 0) is 31.5 Å². The molecule has 3 atom stereocenters. The van der Waals surface area contributed by atoms with E-state index >= 15 is 0 Å². The predicted molar refractivity (Wildman–Crippen MR) is 85.0 cm³/mol. The van der Waals surface area contributed by atoms with E-state index in [1.54, 1.807) is 32.2 Å². The molecule has 1 aromatic rings. The highest BCUT2D eigenvalue weighted by Gasteiger charge is 2.37. The minimum absolute atomic E-state index is 0.242. The fourth-order valence-electron chi connectivity index (χ4n) is 2.02. The van der Waals surface area contributed by atoms with Gasteiger partial charge in [-0.15, -0.1) is 23.4 Å². The second-order valence-electron chi connectivity index (χ2n) is 4.87. The second-order valence-corrected chi connectivity index (χ2v) is 6.44. The van der Waals surface area contributed by atoms with E-state index in [4.69, 9.17) is 25.8 Å². The molecule has 1 aliphatic heterocycles. The Kier molecular flexibility index (Phi) is 6.23. The second kappa shape index (κ2) is 7.94. The van der Waals surface area contributed by atoms with Crippen molar-refractivity contribution in [2.24, 2.45) is 0 Å². The minimum atomic E-state index is -0.966. The highest BCUT2D eigenvalue weighted by atomic mass is 35.5. The summed E-state index contributed by atoms with van der Waals surface area (Å²) in [7, 11) is 1.57. The minimum Gasteiger partial charge on any atom is -0.497 e. The van der Waals surface area contributed by atoms with Crippen LogP contribution in [0.5, 0.6) is 11.5 Å². The first-order chi connectivity index (χ1) is 10.6. The maximum Gasteiger partial charge on any atom is 0.322 e. The summed E-state index contributed by atoms with van der Waals surface area (Å²) in [6.07, 6.45) is -0.906. The van der Waals surface area contributed by atoms with Crippen molar-refractivity contribution in [2.75, 3.05) is 19.6 Å². The van der Waals surface area contributed by atoms with Crippen LogP contribution in [0.2, 0.25) is 0 Å². The average molecular weight is 347 g/mol. The third-order valence-electron chi connectivity index (χ3n) is 3.26. The van der Waals surface area contributed by atoms with Gasteiger partial charge in [0.05, 0.1) is 18.6 Å². The Morgan fingerprint density at radius 1 is 1.50 bits per heavy atom. The molecule has 2 rings (SSSR count). The van der Waals surface area contributed by atoms with Gasteiger partial charge < -0.3 is 19.3 Å². The normalized spacial score (nSPS) is 23.9. The molecule has 122 valence electrons. The zero-order valence-electron chi connectivity index (χ0n) is 12.5. The Bertz CT molecular complexity index is 525. The molecule has 0 bridgehead atoms. The molecule has 5 nitrogen and oxygen atoms in total. The number of carbonyl (C=O) groups is 1. The monoisotopic (exact) mass is 346 g/mol. The topological polar surface area (TPSA) is 65.0 Å². The van der Waals surface area contributed by atoms with Crippen molar-refractivity contribution in [3.63, 3.8) is 0 Å². The van der Waals surface area contributed by atoms with Gasteiger partial charge in [0.2, 0.25) is 0 Å². The van der Waals surface area contributed by atoms with E-state index in [1.807, 2.05) is 0 Å². The Balaban J connectivity index is 2.20. The molecule has 0 amide bonds. The lowest BCUT2D eigenvalue weighted by molar-refractivity contribution is -0.146. The van der Waals surface area contributed by atoms with Crippen LogP contribution in [0, 0.1) is 0 Å². The number of esters is 1. The van der Waals surface area contributed by atoms with E-state index < -0.39 is 23.4 Å². The van der Waals surface area contributed by atoms with Gasteiger partial charge in [0, 0.05) is 5.88 Å². The number of methoxy groups -OCH3 is 1. The van der Waals surface area contributed by atoms with Crippen LogP contribution in [-0.2, 0) is 9.53 Å². The standard InChI is InChI=1S/C15H19ClO5S/c1-9-13(17)14(15(18)20-7-3-6-16)22-12-8-10(19-2)4-5-11(12)21-9/h4-5,8-9,13-14,17H,3,6-7H2,1-2H3/t9?,13-,14+/m0/s1. The van der Waals surface area contributed by atoms with Gasteiger partial charge >= 0.3 is 5.97 Å². The zero-order chi connectivity index (χ0) is 16.1. The maximum atomic E-state index is 12.2. The van der Waals surface area contributed by atoms with Crippen molar-refractivity contribution in [3.8, 4) is 11.5 Å². The number of ether oxygens (including phenoxy) is 3. The van der Waals surface area contributed by atoms with Crippen molar-refractivity contribution < 1.29 is 24.1 Å². The van der Waals surface area contributed by atoms with Crippen molar-refractivity contribution in [1.29, 1.82) is 0 Å². The smallest absolute Gasteiger partial charge is 0.322 e. The number of halogens is 1. The van der Waals surface area contributed by atoms with Crippen molar-refractivity contribution >= 4 is 29.3 Å². The SMILES string of the molecule is COc1ccc2c(c1)S[C@@H](C(=O)OCCCCl)[C@@H](O)C(C)O2. The van der Waals surface area contributed by atoms with Crippen LogP contribution in [0.4, 0.5) is 0 Å². The van der Waals surface area contributed by atoms with Gasteiger partial charge in [0.15, 0.2) is 0 Å². The van der Waals surface area contributed by atoms with Gasteiger partial charge in [-0.25, -0.2) is 0 Å². The molecule has 0 fully saturated rings. The molecule has 7 heteroatoms. The number of aliphatic hydroxyl groups is 1. The third-order valence-corrected chi connectivity index (χ3v) is 4.83. The van der Waals surface area contributed by atoms with E-state index in [1.165, 1.54) is 11.8 Å². The molecule has 0 aromatic heterocycles. The average Bonchev–Trinajstić information content (AvgIpc) is 2.64. The molecule has 0 spiro atoms. The van der Waals surface area contributed by atoms with E-state index in [0.29, 0.717) is 23.8 Å². The largest absolute Gasteiger partial charge is 0.497 e. The summed E-state index contributed by atoms with van der Waals surface area (Å²) < 4.78 is 16.1. The van der Waals surface area contributed by atoms with E-state index in [2.05, 4.69) is 0 Å². The number of aliphatic hydroxyl groups excluding tert-OH is 1. The van der Waals surface area contributed by atoms with Crippen LogP contribution in [0.3, 0.4) is 0 Å². The Morgan fingerprint density at radius 3 is 2.95 bits per heavy atom. The summed E-state index contributed by atoms with van der Waals surface area (Å²) in [6, 6.07) is 5.33. The fraction of sp³-hybridized carbons (Fsp3) is 0.533. The molecule has 0 saturated carbocycles. The lowest BCUT2D eigenvalue weighted by Gasteiger charge is -2.22. The quantitative estimate of drug-likeness (QED) is 0.502. The highest BCUT2D eigenvalue weighted by molar-refractivity contribution is 8.00. The predicted octanol–water partition coefficient (Wildman–Crippen LogP) is 2.47. The number of carbonyl (C=O) groups excluding carboxylic acids is 1. The number of alkyl halides is 1. The molecule has 1 unspecified atom stereocenters. The molecular formula is C15H19ClO5S. The van der Waals surface area contributed by atoms with E-state index in [9.17, 15) is 9.90 Å². The van der Waals surface area contributed by atoms with Gasteiger partial charge in [0.25, 0.3) is 0 Å². The fourth-order valence-corrected chi connectivity index (χ4v) is 3.35. The lowest BCUT2D eigenvalue weighted by atomic mass is 10.1. The number of fused-ring (bicyclic) bond motifs is 1. The number of thioether (sulfide) groups is 1. The highest BCUT2D eigenvalue weighted by Crippen LogP contribution is 2.40. The summed E-state index contributed by atoms with van der Waals surface area (Å²) in [5.74, 6) is 1.24. The van der Waals surface area contributed by atoms with Crippen LogP contribution >= 0.6 is 23.4 Å². The summed E-state index contributed by atoms with van der Waals surface area (Å²) >= 11 is 6.79. The van der Waals surface area contributed by atoms with E-state index in [-0.39, 0.29) is 6.61 Å². The number of hydrogen-bond acceptors (Lipinski definition) is 6. The van der Waals surface area contributed by atoms with Crippen molar-refractivity contribution in [1.82, 2.24) is 0 Å². The molecule has 0 radical (unpaired) electrons. The summed E-state index contributed by atoms with van der Waals surface area (Å²) in [5, 5.41) is 9.59. The van der Waals surface area contributed by atoms with Crippen molar-refractivity contribution in [3.05, 3.63) is 18.2 Å². The number of benzene rings is 1. The van der Waals surface area contributed by atoms with Gasteiger partial charge in [-0.1, -0.05) is 0 Å². The first-order valence-electron chi connectivity index (χ1n) is 6.99. The van der Waals surface area contributed by atoms with Crippen molar-refractivity contribution in [2.45, 2.75) is 35.7 Å².